The van der Waals surface area contributed by atoms with Gasteiger partial charge in [-0.25, -0.2) is 0 Å². The van der Waals surface area contributed by atoms with Gasteiger partial charge in [-0.2, -0.15) is 0 Å². The Morgan fingerprint density at radius 1 is 1.15 bits per heavy atom. The number of aliphatic hydroxyl groups excluding tert-OH is 1. The highest BCUT2D eigenvalue weighted by atomic mass is 16.5. The van der Waals surface area contributed by atoms with Crippen molar-refractivity contribution in [3.05, 3.63) is 29.3 Å². The Kier molecular flexibility index (Phi) is 8.48. The number of hydrogen-bond donors (Lipinski definition) is 2. The van der Waals surface area contributed by atoms with Crippen LogP contribution in [0, 0.1) is 0 Å². The predicted molar refractivity (Wildman–Crippen MR) is 132 cm³/mol. The third-order valence-corrected chi connectivity index (χ3v) is 7.60. The molecule has 3 heterocycles. The van der Waals surface area contributed by atoms with Crippen molar-refractivity contribution in [2.45, 2.75) is 102 Å². The second-order valence-electron chi connectivity index (χ2n) is 10.5. The summed E-state index contributed by atoms with van der Waals surface area (Å²) >= 11 is 0. The molecule has 2 atom stereocenters. The SMILES string of the molecule is CC(C)N1CC(=O)NCCCCCOc2ccc(CCC(=O)N3C4CCC3CC(O)C4)cc2C1. The lowest BCUT2D eigenvalue weighted by Gasteiger charge is -2.37. The Morgan fingerprint density at radius 2 is 1.91 bits per heavy atom. The van der Waals surface area contributed by atoms with E-state index in [4.69, 9.17) is 4.74 Å². The highest BCUT2D eigenvalue weighted by Gasteiger charge is 2.42. The van der Waals surface area contributed by atoms with Crippen LogP contribution in [0.3, 0.4) is 0 Å². The number of nitrogens with zero attached hydrogens (tertiary/aromatic N) is 2. The van der Waals surface area contributed by atoms with Gasteiger partial charge in [0.1, 0.15) is 5.75 Å². The molecule has 7 nitrogen and oxygen atoms in total. The van der Waals surface area contributed by atoms with Crippen molar-refractivity contribution < 1.29 is 19.4 Å². The topological polar surface area (TPSA) is 82.1 Å². The zero-order chi connectivity index (χ0) is 24.1. The second kappa shape index (κ2) is 11.5. The first-order valence-corrected chi connectivity index (χ1v) is 13.1. The zero-order valence-electron chi connectivity index (χ0n) is 20.8. The van der Waals surface area contributed by atoms with E-state index in [-0.39, 0.29) is 36.0 Å². The molecule has 0 spiro atoms. The van der Waals surface area contributed by atoms with Gasteiger partial charge in [0.15, 0.2) is 0 Å². The molecule has 2 fully saturated rings. The number of carbonyl (C=O) groups excluding carboxylic acids is 2. The Labute approximate surface area is 203 Å². The molecule has 0 radical (unpaired) electrons. The van der Waals surface area contributed by atoms with E-state index in [0.717, 1.165) is 61.8 Å². The van der Waals surface area contributed by atoms with Crippen LogP contribution in [0.5, 0.6) is 5.75 Å². The van der Waals surface area contributed by atoms with Gasteiger partial charge in [-0.1, -0.05) is 12.1 Å². The molecule has 2 unspecified atom stereocenters. The quantitative estimate of drug-likeness (QED) is 0.706. The van der Waals surface area contributed by atoms with E-state index in [1.165, 1.54) is 0 Å². The fraction of sp³-hybridized carbons (Fsp3) is 0.704. The highest BCUT2D eigenvalue weighted by Crippen LogP contribution is 2.36. The lowest BCUT2D eigenvalue weighted by Crippen LogP contribution is -2.48. The number of fused-ring (bicyclic) bond motifs is 3. The summed E-state index contributed by atoms with van der Waals surface area (Å²) in [7, 11) is 0. The number of aliphatic hydroxyl groups is 1. The summed E-state index contributed by atoms with van der Waals surface area (Å²) in [4.78, 5) is 29.7. The summed E-state index contributed by atoms with van der Waals surface area (Å²) < 4.78 is 6.15. The molecule has 1 aromatic rings. The molecule has 4 rings (SSSR count). The normalized spacial score (nSPS) is 26.6. The molecule has 2 bridgehead atoms. The lowest BCUT2D eigenvalue weighted by atomic mass is 9.98. The van der Waals surface area contributed by atoms with Crippen LogP contribution < -0.4 is 10.1 Å². The molecule has 0 aromatic heterocycles. The number of amides is 2. The molecule has 7 heteroatoms. The van der Waals surface area contributed by atoms with Gasteiger partial charge in [-0.3, -0.25) is 14.5 Å². The highest BCUT2D eigenvalue weighted by molar-refractivity contribution is 5.78. The van der Waals surface area contributed by atoms with Crippen molar-refractivity contribution in [1.29, 1.82) is 0 Å². The third kappa shape index (κ3) is 6.30. The van der Waals surface area contributed by atoms with Gasteiger partial charge in [-0.05, 0) is 76.8 Å². The number of hydrogen-bond acceptors (Lipinski definition) is 5. The van der Waals surface area contributed by atoms with E-state index >= 15 is 0 Å². The summed E-state index contributed by atoms with van der Waals surface area (Å²) in [6.45, 7) is 6.61. The number of benzene rings is 1. The van der Waals surface area contributed by atoms with Crippen LogP contribution in [0.2, 0.25) is 0 Å². The number of carbonyl (C=O) groups is 2. The van der Waals surface area contributed by atoms with Crippen molar-refractivity contribution in [1.82, 2.24) is 15.1 Å². The van der Waals surface area contributed by atoms with E-state index in [9.17, 15) is 14.7 Å². The Morgan fingerprint density at radius 3 is 2.65 bits per heavy atom. The molecule has 188 valence electrons. The Balaban J connectivity index is 1.45. The Bertz CT molecular complexity index is 844. The number of aryl methyl sites for hydroxylation is 1. The maximum atomic E-state index is 13.1. The van der Waals surface area contributed by atoms with Gasteiger partial charge < -0.3 is 20.1 Å². The van der Waals surface area contributed by atoms with E-state index in [2.05, 4.69) is 41.1 Å². The largest absolute Gasteiger partial charge is 0.493 e. The van der Waals surface area contributed by atoms with Crippen molar-refractivity contribution in [2.75, 3.05) is 19.7 Å². The van der Waals surface area contributed by atoms with Crippen LogP contribution >= 0.6 is 0 Å². The van der Waals surface area contributed by atoms with Gasteiger partial charge in [0.2, 0.25) is 11.8 Å². The summed E-state index contributed by atoms with van der Waals surface area (Å²) in [5.41, 5.74) is 2.20. The summed E-state index contributed by atoms with van der Waals surface area (Å²) in [6.07, 6.45) is 7.34. The second-order valence-corrected chi connectivity index (χ2v) is 10.5. The predicted octanol–water partition coefficient (Wildman–Crippen LogP) is 3.02. The van der Waals surface area contributed by atoms with Gasteiger partial charge in [-0.15, -0.1) is 0 Å². The van der Waals surface area contributed by atoms with Crippen molar-refractivity contribution in [3.8, 4) is 5.75 Å². The first kappa shape index (κ1) is 25.0. The monoisotopic (exact) mass is 471 g/mol. The van der Waals surface area contributed by atoms with E-state index in [1.54, 1.807) is 0 Å². The first-order chi connectivity index (χ1) is 16.4. The van der Waals surface area contributed by atoms with Gasteiger partial charge in [0.05, 0.1) is 19.3 Å². The maximum Gasteiger partial charge on any atom is 0.234 e. The standard InChI is InChI=1S/C27H41N3O4/c1-19(2)29-17-21-14-20(6-10-25(21)34-13-5-3-4-12-28-26(32)18-29)7-11-27(33)30-22-8-9-23(30)16-24(31)15-22/h6,10,14,19,22-24,31H,3-5,7-9,11-13,15-18H2,1-2H3,(H,28,32). The van der Waals surface area contributed by atoms with Crippen LogP contribution in [0.15, 0.2) is 18.2 Å². The smallest absolute Gasteiger partial charge is 0.234 e. The molecule has 1 aromatic carbocycles. The van der Waals surface area contributed by atoms with Gasteiger partial charge >= 0.3 is 0 Å². The molecule has 2 N–H and O–H groups in total. The average molecular weight is 472 g/mol. The lowest BCUT2D eigenvalue weighted by molar-refractivity contribution is -0.137. The minimum absolute atomic E-state index is 0.0680. The fourth-order valence-electron chi connectivity index (χ4n) is 5.68. The zero-order valence-corrected chi connectivity index (χ0v) is 20.8. The van der Waals surface area contributed by atoms with Crippen LogP contribution in [-0.4, -0.2) is 70.6 Å². The average Bonchev–Trinajstić information content (AvgIpc) is 3.08. The Hall–Kier alpha value is -2.12. The first-order valence-electron chi connectivity index (χ1n) is 13.1. The van der Waals surface area contributed by atoms with Crippen molar-refractivity contribution >= 4 is 11.8 Å². The molecule has 34 heavy (non-hydrogen) atoms. The number of piperidine rings is 1. The van der Waals surface area contributed by atoms with Crippen LogP contribution in [-0.2, 0) is 22.6 Å². The van der Waals surface area contributed by atoms with E-state index < -0.39 is 0 Å². The molecular formula is C27H41N3O4. The van der Waals surface area contributed by atoms with Crippen LogP contribution in [0.25, 0.3) is 0 Å². The van der Waals surface area contributed by atoms with Crippen molar-refractivity contribution in [3.63, 3.8) is 0 Å². The molecule has 3 aliphatic rings. The van der Waals surface area contributed by atoms with E-state index in [0.29, 0.717) is 39.1 Å². The third-order valence-electron chi connectivity index (χ3n) is 7.60. The summed E-state index contributed by atoms with van der Waals surface area (Å²) in [5.74, 6) is 1.15. The van der Waals surface area contributed by atoms with E-state index in [1.807, 2.05) is 6.07 Å². The van der Waals surface area contributed by atoms with Crippen LogP contribution in [0.4, 0.5) is 0 Å². The maximum absolute atomic E-state index is 13.1. The van der Waals surface area contributed by atoms with Gasteiger partial charge in [0, 0.05) is 43.2 Å². The molecule has 0 saturated carbocycles. The van der Waals surface area contributed by atoms with Gasteiger partial charge in [0.25, 0.3) is 0 Å². The minimum Gasteiger partial charge on any atom is -0.493 e. The number of ether oxygens (including phenoxy) is 1. The summed E-state index contributed by atoms with van der Waals surface area (Å²) in [5, 5.41) is 13.1. The minimum atomic E-state index is -0.257. The molecule has 3 aliphatic heterocycles. The molecule has 0 aliphatic carbocycles. The molecular weight excluding hydrogens is 430 g/mol. The fourth-order valence-corrected chi connectivity index (χ4v) is 5.68. The van der Waals surface area contributed by atoms with Crippen LogP contribution in [0.1, 0.15) is 76.3 Å². The summed E-state index contributed by atoms with van der Waals surface area (Å²) in [6, 6.07) is 6.91. The number of nitrogens with one attached hydrogen (secondary N) is 1. The van der Waals surface area contributed by atoms with Crippen molar-refractivity contribution in [2.24, 2.45) is 0 Å². The number of rotatable bonds is 4. The molecule has 2 amide bonds. The molecule has 2 saturated heterocycles.